The third-order valence-corrected chi connectivity index (χ3v) is 4.05. The summed E-state index contributed by atoms with van der Waals surface area (Å²) in [5.74, 6) is -0.241. The third-order valence-electron chi connectivity index (χ3n) is 3.46. The average molecular weight is 418 g/mol. The normalized spacial score (nSPS) is 11.0. The van der Waals surface area contributed by atoms with Crippen LogP contribution in [0.4, 0.5) is 0 Å². The number of carbonyl (C=O) groups is 1. The van der Waals surface area contributed by atoms with Crippen molar-refractivity contribution in [1.82, 2.24) is 0 Å². The van der Waals surface area contributed by atoms with E-state index >= 15 is 0 Å². The zero-order chi connectivity index (χ0) is 18.7. The molecule has 0 bridgehead atoms. The summed E-state index contributed by atoms with van der Waals surface area (Å²) < 4.78 is 16.5. The van der Waals surface area contributed by atoms with E-state index in [9.17, 15) is 14.9 Å². The molecule has 0 N–H and O–H groups in total. The van der Waals surface area contributed by atoms with E-state index in [1.807, 2.05) is 12.1 Å². The molecule has 132 valence electrons. The van der Waals surface area contributed by atoms with Crippen molar-refractivity contribution in [2.45, 2.75) is 0 Å². The molecule has 3 rings (SSSR count). The molecule has 0 atom stereocenters. The smallest absolute Gasteiger partial charge is 0.379 e. The highest BCUT2D eigenvalue weighted by Gasteiger charge is 2.19. The zero-order valence-corrected chi connectivity index (χ0v) is 15.1. The molecule has 26 heavy (non-hydrogen) atoms. The van der Waals surface area contributed by atoms with Gasteiger partial charge >= 0.3 is 5.97 Å². The monoisotopic (exact) mass is 417 g/mol. The molecule has 0 fully saturated rings. The summed E-state index contributed by atoms with van der Waals surface area (Å²) in [6.07, 6.45) is 2.11. The maximum absolute atomic E-state index is 12.4. The number of nitro groups is 1. The second-order valence-electron chi connectivity index (χ2n) is 5.17. The second kappa shape index (κ2) is 7.40. The first-order chi connectivity index (χ1) is 12.5. The summed E-state index contributed by atoms with van der Waals surface area (Å²) in [5, 5.41) is 11.2. The maximum atomic E-state index is 12.4. The molecular weight excluding hydrogens is 406 g/mol. The summed E-state index contributed by atoms with van der Waals surface area (Å²) >= 11 is 3.29. The number of fused-ring (bicyclic) bond motifs is 1. The van der Waals surface area contributed by atoms with Crippen molar-refractivity contribution in [3.63, 3.8) is 0 Å². The van der Waals surface area contributed by atoms with E-state index in [-0.39, 0.29) is 17.3 Å². The van der Waals surface area contributed by atoms with Gasteiger partial charge in [-0.05, 0) is 45.8 Å². The number of methoxy groups -OCH3 is 1. The second-order valence-corrected chi connectivity index (χ2v) is 6.03. The Kier molecular flexibility index (Phi) is 5.04. The molecule has 1 heterocycles. The van der Waals surface area contributed by atoms with Crippen molar-refractivity contribution in [1.29, 1.82) is 0 Å². The summed E-state index contributed by atoms with van der Waals surface area (Å²) in [5.41, 5.74) is 1.08. The van der Waals surface area contributed by atoms with Crippen LogP contribution in [0.2, 0.25) is 0 Å². The fourth-order valence-electron chi connectivity index (χ4n) is 2.31. The number of furan rings is 1. The summed E-state index contributed by atoms with van der Waals surface area (Å²) in [7, 11) is 1.40. The summed E-state index contributed by atoms with van der Waals surface area (Å²) in [6, 6.07) is 11.9. The van der Waals surface area contributed by atoms with Crippen LogP contribution in [-0.2, 0) is 0 Å². The Hall–Kier alpha value is -3.13. The summed E-state index contributed by atoms with van der Waals surface area (Å²) in [4.78, 5) is 22.3. The van der Waals surface area contributed by atoms with Crippen LogP contribution < -0.4 is 9.47 Å². The molecule has 0 amide bonds. The number of hydrogen-bond acceptors (Lipinski definition) is 6. The highest BCUT2D eigenvalue weighted by atomic mass is 79.9. The van der Waals surface area contributed by atoms with Gasteiger partial charge in [0.1, 0.15) is 5.58 Å². The van der Waals surface area contributed by atoms with Gasteiger partial charge in [-0.1, -0.05) is 18.2 Å². The lowest BCUT2D eigenvalue weighted by molar-refractivity contribution is -0.400. The van der Waals surface area contributed by atoms with Gasteiger partial charge in [0.25, 0.3) is 0 Å². The molecule has 0 aliphatic rings. The Labute approximate surface area is 156 Å². The molecular formula is C18H12BrNO6. The Morgan fingerprint density at radius 3 is 2.73 bits per heavy atom. The van der Waals surface area contributed by atoms with Crippen LogP contribution in [0.5, 0.6) is 11.5 Å². The number of rotatable bonds is 5. The van der Waals surface area contributed by atoms with Crippen LogP contribution >= 0.6 is 15.9 Å². The van der Waals surface area contributed by atoms with Gasteiger partial charge in [-0.15, -0.1) is 0 Å². The first-order valence-corrected chi connectivity index (χ1v) is 8.17. The molecule has 0 radical (unpaired) electrons. The van der Waals surface area contributed by atoms with Gasteiger partial charge in [0, 0.05) is 11.5 Å². The number of hydrogen-bond donors (Lipinski definition) is 0. The van der Waals surface area contributed by atoms with Crippen molar-refractivity contribution in [2.75, 3.05) is 7.11 Å². The zero-order valence-electron chi connectivity index (χ0n) is 13.5. The number of nitrogens with zero attached hydrogens (tertiary/aromatic N) is 1. The lowest BCUT2D eigenvalue weighted by Crippen LogP contribution is -2.08. The van der Waals surface area contributed by atoms with Crippen molar-refractivity contribution >= 4 is 38.9 Å². The Morgan fingerprint density at radius 2 is 2.04 bits per heavy atom. The molecule has 0 spiro atoms. The van der Waals surface area contributed by atoms with E-state index in [2.05, 4.69) is 15.9 Å². The maximum Gasteiger partial charge on any atom is 0.379 e. The van der Waals surface area contributed by atoms with Crippen molar-refractivity contribution in [3.8, 4) is 11.5 Å². The fraction of sp³-hybridized carbons (Fsp3) is 0.0556. The quantitative estimate of drug-likeness (QED) is 0.259. The molecule has 0 saturated carbocycles. The molecule has 0 saturated heterocycles. The number of benzene rings is 2. The highest BCUT2D eigenvalue weighted by molar-refractivity contribution is 9.10. The van der Waals surface area contributed by atoms with E-state index in [4.69, 9.17) is 13.9 Å². The molecule has 8 heteroatoms. The largest absolute Gasteiger partial charge is 0.493 e. The number of halogens is 1. The molecule has 1 aromatic heterocycles. The van der Waals surface area contributed by atoms with Gasteiger partial charge in [0.05, 0.1) is 16.5 Å². The predicted octanol–water partition coefficient (Wildman–Crippen LogP) is 4.67. The van der Waals surface area contributed by atoms with E-state index in [0.717, 1.165) is 11.6 Å². The Balaban J connectivity index is 1.90. The molecule has 3 aromatic rings. The van der Waals surface area contributed by atoms with Crippen molar-refractivity contribution in [2.24, 2.45) is 0 Å². The van der Waals surface area contributed by atoms with Gasteiger partial charge in [-0.3, -0.25) is 10.1 Å². The van der Waals surface area contributed by atoms with Crippen LogP contribution in [0.1, 0.15) is 16.1 Å². The van der Waals surface area contributed by atoms with Crippen LogP contribution in [0.3, 0.4) is 0 Å². The van der Waals surface area contributed by atoms with Crippen LogP contribution in [0.15, 0.2) is 57.6 Å². The molecule has 7 nitrogen and oxygen atoms in total. The minimum atomic E-state index is -0.686. The minimum Gasteiger partial charge on any atom is -0.493 e. The van der Waals surface area contributed by atoms with Crippen LogP contribution in [0, 0.1) is 10.1 Å². The van der Waals surface area contributed by atoms with Gasteiger partial charge < -0.3 is 13.9 Å². The van der Waals surface area contributed by atoms with E-state index in [1.54, 1.807) is 24.3 Å². The minimum absolute atomic E-state index is 0.0532. The van der Waals surface area contributed by atoms with Gasteiger partial charge in [-0.25, -0.2) is 4.79 Å². The first-order valence-electron chi connectivity index (χ1n) is 7.38. The fourth-order valence-corrected chi connectivity index (χ4v) is 2.85. The van der Waals surface area contributed by atoms with Gasteiger partial charge in [0.15, 0.2) is 11.5 Å². The lowest BCUT2D eigenvalue weighted by Gasteiger charge is -2.11. The number of carbonyl (C=O) groups excluding carboxylic acids is 1. The van der Waals surface area contributed by atoms with E-state index in [0.29, 0.717) is 15.6 Å². The number of para-hydroxylation sites is 1. The van der Waals surface area contributed by atoms with Gasteiger partial charge in [-0.2, -0.15) is 0 Å². The SMILES string of the molecule is COc1cc(/C=C/[N+](=O)[O-])cc(Br)c1OC(=O)c1cc2ccccc2o1. The van der Waals surface area contributed by atoms with Gasteiger partial charge in [0.2, 0.25) is 12.0 Å². The molecule has 0 unspecified atom stereocenters. The summed E-state index contributed by atoms with van der Waals surface area (Å²) in [6.45, 7) is 0. The highest BCUT2D eigenvalue weighted by Crippen LogP contribution is 2.37. The first kappa shape index (κ1) is 17.7. The Morgan fingerprint density at radius 1 is 1.27 bits per heavy atom. The predicted molar refractivity (Wildman–Crippen MR) is 97.9 cm³/mol. The average Bonchev–Trinajstić information content (AvgIpc) is 3.06. The number of ether oxygens (including phenoxy) is 2. The number of esters is 1. The molecule has 0 aliphatic carbocycles. The van der Waals surface area contributed by atoms with Crippen LogP contribution in [0.25, 0.3) is 17.0 Å². The topological polar surface area (TPSA) is 91.8 Å². The van der Waals surface area contributed by atoms with Crippen molar-refractivity contribution in [3.05, 3.63) is 74.6 Å². The standard InChI is InChI=1S/C18H12BrNO6/c1-24-15-9-11(6-7-20(22)23)8-13(19)17(15)26-18(21)16-10-12-4-2-3-5-14(12)25-16/h2-10H,1H3/b7-6+. The Bertz CT molecular complexity index is 991. The van der Waals surface area contributed by atoms with E-state index < -0.39 is 10.9 Å². The third kappa shape index (κ3) is 3.75. The lowest BCUT2D eigenvalue weighted by atomic mass is 10.2. The van der Waals surface area contributed by atoms with Crippen molar-refractivity contribution < 1.29 is 23.6 Å². The van der Waals surface area contributed by atoms with Crippen LogP contribution in [-0.4, -0.2) is 18.0 Å². The van der Waals surface area contributed by atoms with E-state index in [1.165, 1.54) is 19.3 Å². The molecule has 0 aliphatic heterocycles. The molecule has 2 aromatic carbocycles.